The Morgan fingerprint density at radius 3 is 2.33 bits per heavy atom. The Balaban J connectivity index is 1.50. The summed E-state index contributed by atoms with van der Waals surface area (Å²) in [5, 5.41) is 10.5. The van der Waals surface area contributed by atoms with E-state index in [1.54, 1.807) is 18.2 Å². The highest BCUT2D eigenvalue weighted by Crippen LogP contribution is 2.36. The SMILES string of the molecule is N#Cc1c(-c2ccccc2)cc(-c2ccccc2)nc1SCC(=O)c1ccc2c(c1)OCO2. The second-order valence-corrected chi connectivity index (χ2v) is 8.32. The van der Waals surface area contributed by atoms with Gasteiger partial charge in [-0.05, 0) is 29.8 Å². The smallest absolute Gasteiger partial charge is 0.231 e. The van der Waals surface area contributed by atoms with Crippen LogP contribution in [0.2, 0.25) is 0 Å². The molecule has 0 unspecified atom stereocenters. The van der Waals surface area contributed by atoms with Crippen molar-refractivity contribution in [3.63, 3.8) is 0 Å². The van der Waals surface area contributed by atoms with Crippen LogP contribution in [-0.4, -0.2) is 23.3 Å². The Hall–Kier alpha value is -4.08. The average Bonchev–Trinajstić information content (AvgIpc) is 3.36. The molecule has 0 fully saturated rings. The van der Waals surface area contributed by atoms with Crippen molar-refractivity contribution in [3.8, 4) is 40.0 Å². The predicted molar refractivity (Wildman–Crippen MR) is 127 cm³/mol. The van der Waals surface area contributed by atoms with Crippen molar-refractivity contribution < 1.29 is 14.3 Å². The summed E-state index contributed by atoms with van der Waals surface area (Å²) >= 11 is 1.27. The second-order valence-electron chi connectivity index (χ2n) is 7.36. The number of pyridine rings is 1. The lowest BCUT2D eigenvalue weighted by Gasteiger charge is -2.12. The van der Waals surface area contributed by atoms with Gasteiger partial charge in [0.15, 0.2) is 17.3 Å². The van der Waals surface area contributed by atoms with Crippen LogP contribution in [0.5, 0.6) is 11.5 Å². The van der Waals surface area contributed by atoms with Crippen molar-refractivity contribution >= 4 is 17.5 Å². The lowest BCUT2D eigenvalue weighted by Crippen LogP contribution is -2.04. The number of carbonyl (C=O) groups is 1. The highest BCUT2D eigenvalue weighted by molar-refractivity contribution is 8.00. The minimum Gasteiger partial charge on any atom is -0.454 e. The summed E-state index contributed by atoms with van der Waals surface area (Å²) < 4.78 is 10.7. The minimum absolute atomic E-state index is 0.0737. The monoisotopic (exact) mass is 450 g/mol. The van der Waals surface area contributed by atoms with Crippen molar-refractivity contribution in [1.29, 1.82) is 5.26 Å². The van der Waals surface area contributed by atoms with Gasteiger partial charge in [0.2, 0.25) is 6.79 Å². The molecular formula is C27H18N2O3S. The summed E-state index contributed by atoms with van der Waals surface area (Å²) in [5.74, 6) is 1.28. The number of hydrogen-bond acceptors (Lipinski definition) is 6. The van der Waals surface area contributed by atoms with Gasteiger partial charge in [-0.2, -0.15) is 5.26 Å². The number of benzene rings is 3. The number of hydrogen-bond donors (Lipinski definition) is 0. The predicted octanol–water partition coefficient (Wildman–Crippen LogP) is 5.99. The van der Waals surface area contributed by atoms with Crippen LogP contribution in [0.15, 0.2) is 90.0 Å². The summed E-state index contributed by atoms with van der Waals surface area (Å²) in [6.07, 6.45) is 0. The molecule has 0 atom stereocenters. The molecule has 4 aromatic rings. The first-order valence-corrected chi connectivity index (χ1v) is 11.3. The maximum absolute atomic E-state index is 12.9. The zero-order valence-electron chi connectivity index (χ0n) is 17.5. The molecular weight excluding hydrogens is 432 g/mol. The molecule has 1 aliphatic rings. The molecule has 33 heavy (non-hydrogen) atoms. The Labute approximate surface area is 195 Å². The summed E-state index contributed by atoms with van der Waals surface area (Å²) in [4.78, 5) is 17.7. The molecule has 5 rings (SSSR count). The highest BCUT2D eigenvalue weighted by Gasteiger charge is 2.19. The van der Waals surface area contributed by atoms with Gasteiger partial charge < -0.3 is 9.47 Å². The van der Waals surface area contributed by atoms with E-state index in [0.717, 1.165) is 22.4 Å². The molecule has 0 aliphatic carbocycles. The van der Waals surface area contributed by atoms with E-state index < -0.39 is 0 Å². The van der Waals surface area contributed by atoms with Gasteiger partial charge in [-0.15, -0.1) is 0 Å². The Morgan fingerprint density at radius 1 is 0.909 bits per heavy atom. The van der Waals surface area contributed by atoms with E-state index >= 15 is 0 Å². The standard InChI is InChI=1S/C27H18N2O3S/c28-15-22-21(18-7-3-1-4-8-18)14-23(19-9-5-2-6-10-19)29-27(22)33-16-24(30)20-11-12-25-26(13-20)32-17-31-25/h1-14H,16-17H2. The van der Waals surface area contributed by atoms with Crippen LogP contribution < -0.4 is 9.47 Å². The Morgan fingerprint density at radius 2 is 1.61 bits per heavy atom. The summed E-state index contributed by atoms with van der Waals surface area (Å²) in [6, 6.07) is 29.0. The van der Waals surface area contributed by atoms with Gasteiger partial charge in [0.1, 0.15) is 11.1 Å². The quantitative estimate of drug-likeness (QED) is 0.265. The van der Waals surface area contributed by atoms with E-state index in [2.05, 4.69) is 6.07 Å². The summed E-state index contributed by atoms with van der Waals surface area (Å²) in [6.45, 7) is 0.158. The topological polar surface area (TPSA) is 72.2 Å². The van der Waals surface area contributed by atoms with Gasteiger partial charge in [0.05, 0.1) is 17.0 Å². The molecule has 3 aromatic carbocycles. The number of aromatic nitrogens is 1. The number of ketones is 1. The van der Waals surface area contributed by atoms with Crippen LogP contribution in [0.4, 0.5) is 0 Å². The van der Waals surface area contributed by atoms with Gasteiger partial charge in [0, 0.05) is 16.7 Å². The van der Waals surface area contributed by atoms with Crippen LogP contribution >= 0.6 is 11.8 Å². The third-order valence-electron chi connectivity index (χ3n) is 5.29. The van der Waals surface area contributed by atoms with E-state index in [0.29, 0.717) is 27.7 Å². The van der Waals surface area contributed by atoms with E-state index in [1.807, 2.05) is 66.7 Å². The van der Waals surface area contributed by atoms with Crippen molar-refractivity contribution in [2.24, 2.45) is 0 Å². The molecule has 1 aliphatic heterocycles. The average molecular weight is 451 g/mol. The number of nitrogens with zero attached hydrogens (tertiary/aromatic N) is 2. The molecule has 2 heterocycles. The normalized spacial score (nSPS) is 11.7. The Bertz CT molecular complexity index is 1370. The van der Waals surface area contributed by atoms with Gasteiger partial charge in [-0.25, -0.2) is 4.98 Å². The molecule has 0 amide bonds. The van der Waals surface area contributed by atoms with Crippen LogP contribution in [-0.2, 0) is 0 Å². The minimum atomic E-state index is -0.0737. The molecule has 0 radical (unpaired) electrons. The largest absolute Gasteiger partial charge is 0.454 e. The van der Waals surface area contributed by atoms with E-state index in [9.17, 15) is 10.1 Å². The summed E-state index contributed by atoms with van der Waals surface area (Å²) in [7, 11) is 0. The molecule has 0 bridgehead atoms. The first-order chi connectivity index (χ1) is 16.2. The van der Waals surface area contributed by atoms with Crippen LogP contribution in [0.3, 0.4) is 0 Å². The molecule has 5 nitrogen and oxygen atoms in total. The second kappa shape index (κ2) is 9.19. The van der Waals surface area contributed by atoms with Crippen molar-refractivity contribution in [2.45, 2.75) is 5.03 Å². The molecule has 0 spiro atoms. The van der Waals surface area contributed by atoms with E-state index in [-0.39, 0.29) is 18.3 Å². The zero-order valence-corrected chi connectivity index (χ0v) is 18.3. The fourth-order valence-corrected chi connectivity index (χ4v) is 4.52. The Kier molecular flexibility index (Phi) is 5.79. The lowest BCUT2D eigenvalue weighted by atomic mass is 9.99. The van der Waals surface area contributed by atoms with Crippen LogP contribution in [0.1, 0.15) is 15.9 Å². The zero-order chi connectivity index (χ0) is 22.6. The van der Waals surface area contributed by atoms with E-state index in [1.165, 1.54) is 11.8 Å². The van der Waals surface area contributed by atoms with Crippen molar-refractivity contribution in [3.05, 3.63) is 96.1 Å². The number of rotatable bonds is 6. The first-order valence-electron chi connectivity index (χ1n) is 10.3. The molecule has 160 valence electrons. The fraction of sp³-hybridized carbons (Fsp3) is 0.0741. The van der Waals surface area contributed by atoms with Gasteiger partial charge in [-0.3, -0.25) is 4.79 Å². The molecule has 0 saturated carbocycles. The number of nitriles is 1. The number of thioether (sulfide) groups is 1. The van der Waals surface area contributed by atoms with Crippen LogP contribution in [0.25, 0.3) is 22.4 Å². The third-order valence-corrected chi connectivity index (χ3v) is 6.26. The maximum Gasteiger partial charge on any atom is 0.231 e. The first kappa shape index (κ1) is 20.8. The number of Topliss-reactive ketones (excluding diaryl/α,β-unsaturated/α-hetero) is 1. The number of fused-ring (bicyclic) bond motifs is 1. The van der Waals surface area contributed by atoms with Crippen LogP contribution in [0, 0.1) is 11.3 Å². The number of carbonyl (C=O) groups excluding carboxylic acids is 1. The lowest BCUT2D eigenvalue weighted by molar-refractivity contribution is 0.102. The fourth-order valence-electron chi connectivity index (χ4n) is 3.62. The molecule has 6 heteroatoms. The molecule has 1 aromatic heterocycles. The maximum atomic E-state index is 12.9. The number of ether oxygens (including phenoxy) is 2. The van der Waals surface area contributed by atoms with Gasteiger partial charge in [-0.1, -0.05) is 72.4 Å². The van der Waals surface area contributed by atoms with Crippen molar-refractivity contribution in [2.75, 3.05) is 12.5 Å². The molecule has 0 N–H and O–H groups in total. The van der Waals surface area contributed by atoms with Crippen molar-refractivity contribution in [1.82, 2.24) is 4.98 Å². The van der Waals surface area contributed by atoms with Gasteiger partial charge in [0.25, 0.3) is 0 Å². The summed E-state index contributed by atoms with van der Waals surface area (Å²) in [5.41, 5.74) is 4.43. The highest BCUT2D eigenvalue weighted by atomic mass is 32.2. The third kappa shape index (κ3) is 4.32. The van der Waals surface area contributed by atoms with Gasteiger partial charge >= 0.3 is 0 Å². The van der Waals surface area contributed by atoms with E-state index in [4.69, 9.17) is 14.5 Å². The molecule has 0 saturated heterocycles.